The number of H-pyrrole nitrogens is 1. The average Bonchev–Trinajstić information content (AvgIpc) is 3.99. The van der Waals surface area contributed by atoms with E-state index in [0.717, 1.165) is 47.4 Å². The number of nitrogens with zero attached hydrogens (tertiary/aromatic N) is 11. The van der Waals surface area contributed by atoms with Crippen LogP contribution >= 0.6 is 0 Å². The molecule has 3 saturated heterocycles. The molecule has 3 amide bonds. The number of carbonyl (C=O) groups is 2. The standard InChI is InChI=1S/C42H54N14O5S/c1-26(2)61-37-36(29-20-44-45-21-29)43-25-56-39(37)48-40(50-56)46-33-12-14-54(22-27(33)3)62(59,60)31-9-7-8-28(18-31)23-53-17-16-52(24-42(53,4)5)30-10-11-32-34(19-30)51(6)49-38(32)55-15-13-35(57)47-41(55)58/h8,10-11,18-21,25-27,33H,7,9,12-17,22-24H2,1-6H3,(H,44,45)(H,46,50)(H,47,57,58)/t27-,33+/m1/s1. The zero-order chi connectivity index (χ0) is 43.5. The van der Waals surface area contributed by atoms with Gasteiger partial charge in [-0.15, -0.1) is 5.10 Å². The van der Waals surface area contributed by atoms with E-state index < -0.39 is 16.1 Å². The predicted octanol–water partition coefficient (Wildman–Crippen LogP) is 4.29. The lowest BCUT2D eigenvalue weighted by atomic mass is 9.95. The first-order chi connectivity index (χ1) is 29.6. The molecule has 3 aliphatic heterocycles. The molecule has 19 nitrogen and oxygen atoms in total. The van der Waals surface area contributed by atoms with Gasteiger partial charge in [0.25, 0.3) is 0 Å². The van der Waals surface area contributed by atoms with Gasteiger partial charge in [0, 0.05) is 93.7 Å². The first-order valence-corrected chi connectivity index (χ1v) is 22.7. The van der Waals surface area contributed by atoms with Gasteiger partial charge in [0.15, 0.2) is 11.6 Å². The van der Waals surface area contributed by atoms with Gasteiger partial charge in [-0.1, -0.05) is 13.0 Å². The van der Waals surface area contributed by atoms with E-state index >= 15 is 0 Å². The van der Waals surface area contributed by atoms with Gasteiger partial charge >= 0.3 is 6.03 Å². The number of aromatic amines is 1. The number of hydrogen-bond acceptors (Lipinski definition) is 13. The lowest BCUT2D eigenvalue weighted by Crippen LogP contribution is -2.59. The number of aryl methyl sites for hydroxylation is 1. The number of rotatable bonds is 11. The number of imide groups is 1. The van der Waals surface area contributed by atoms with Crippen molar-refractivity contribution in [3.8, 4) is 17.0 Å². The number of anilines is 3. The van der Waals surface area contributed by atoms with Gasteiger partial charge in [-0.3, -0.25) is 29.7 Å². The van der Waals surface area contributed by atoms with E-state index in [4.69, 9.17) is 9.72 Å². The largest absolute Gasteiger partial charge is 0.485 e. The van der Waals surface area contributed by atoms with E-state index in [0.29, 0.717) is 72.7 Å². The first-order valence-electron chi connectivity index (χ1n) is 21.3. The molecule has 1 aliphatic carbocycles. The van der Waals surface area contributed by atoms with Crippen LogP contribution in [0.25, 0.3) is 27.8 Å². The second kappa shape index (κ2) is 16.1. The van der Waals surface area contributed by atoms with Crippen molar-refractivity contribution in [1.29, 1.82) is 0 Å². The normalized spacial score (nSPS) is 21.7. The molecule has 0 spiro atoms. The van der Waals surface area contributed by atoms with Crippen molar-refractivity contribution in [2.75, 3.05) is 60.9 Å². The predicted molar refractivity (Wildman–Crippen MR) is 235 cm³/mol. The fourth-order valence-electron chi connectivity index (χ4n) is 9.06. The van der Waals surface area contributed by atoms with Crippen molar-refractivity contribution < 1.29 is 22.7 Å². The van der Waals surface area contributed by atoms with Crippen LogP contribution in [0.15, 0.2) is 59.6 Å². The molecule has 62 heavy (non-hydrogen) atoms. The fraction of sp³-hybridized carbons (Fsp3) is 0.500. The number of nitrogens with one attached hydrogen (secondary N) is 3. The van der Waals surface area contributed by atoms with Crippen LogP contribution in [0.3, 0.4) is 0 Å². The van der Waals surface area contributed by atoms with Gasteiger partial charge in [-0.05, 0) is 82.7 Å². The van der Waals surface area contributed by atoms with E-state index in [1.54, 1.807) is 32.2 Å². The molecule has 9 rings (SSSR count). The molecule has 0 saturated carbocycles. The number of carbonyl (C=O) groups excluding carboxylic acids is 2. The molecule has 1 aromatic carbocycles. The van der Waals surface area contributed by atoms with Gasteiger partial charge in [0.1, 0.15) is 12.0 Å². The summed E-state index contributed by atoms with van der Waals surface area (Å²) in [5, 5.41) is 22.9. The van der Waals surface area contributed by atoms with Crippen molar-refractivity contribution in [3.63, 3.8) is 0 Å². The summed E-state index contributed by atoms with van der Waals surface area (Å²) >= 11 is 0. The van der Waals surface area contributed by atoms with Gasteiger partial charge in [-0.2, -0.15) is 24.0 Å². The highest BCUT2D eigenvalue weighted by Gasteiger charge is 2.38. The fourth-order valence-corrected chi connectivity index (χ4v) is 10.8. The van der Waals surface area contributed by atoms with E-state index in [2.05, 4.69) is 84.8 Å². The molecule has 5 aromatic rings. The summed E-state index contributed by atoms with van der Waals surface area (Å²) in [5.74, 6) is 1.20. The van der Waals surface area contributed by atoms with Crippen molar-refractivity contribution in [1.82, 2.24) is 54.1 Å². The highest BCUT2D eigenvalue weighted by Crippen LogP contribution is 2.36. The third kappa shape index (κ3) is 7.90. The van der Waals surface area contributed by atoms with Gasteiger partial charge in [0.05, 0.1) is 22.7 Å². The van der Waals surface area contributed by atoms with Crippen LogP contribution in [-0.2, 0) is 21.9 Å². The monoisotopic (exact) mass is 866 g/mol. The zero-order valence-corrected chi connectivity index (χ0v) is 36.8. The second-order valence-corrected chi connectivity index (χ2v) is 19.6. The summed E-state index contributed by atoms with van der Waals surface area (Å²) in [5.41, 5.74) is 4.70. The molecular formula is C42H54N14O5S. The minimum Gasteiger partial charge on any atom is -0.485 e. The van der Waals surface area contributed by atoms with Crippen LogP contribution in [0.5, 0.6) is 5.75 Å². The van der Waals surface area contributed by atoms with Crippen molar-refractivity contribution >= 4 is 56.0 Å². The van der Waals surface area contributed by atoms with Gasteiger partial charge in [-0.25, -0.2) is 18.2 Å². The van der Waals surface area contributed by atoms with E-state index in [-0.39, 0.29) is 42.5 Å². The maximum Gasteiger partial charge on any atom is 0.329 e. The van der Waals surface area contributed by atoms with Crippen molar-refractivity contribution in [3.05, 3.63) is 59.6 Å². The number of sulfonamides is 1. The number of hydrogen-bond donors (Lipinski definition) is 3. The van der Waals surface area contributed by atoms with E-state index in [1.807, 2.05) is 33.0 Å². The molecule has 2 atom stereocenters. The van der Waals surface area contributed by atoms with Crippen molar-refractivity contribution in [2.24, 2.45) is 13.0 Å². The quantitative estimate of drug-likeness (QED) is 0.170. The van der Waals surface area contributed by atoms with Crippen LogP contribution in [0.2, 0.25) is 0 Å². The summed E-state index contributed by atoms with van der Waals surface area (Å²) in [6.45, 7) is 14.5. The number of benzene rings is 1. The number of amides is 3. The molecule has 0 unspecified atom stereocenters. The summed E-state index contributed by atoms with van der Waals surface area (Å²) in [4.78, 5) is 40.5. The third-order valence-electron chi connectivity index (χ3n) is 12.4. The number of fused-ring (bicyclic) bond motifs is 2. The maximum absolute atomic E-state index is 14.2. The molecule has 4 aliphatic rings. The minimum atomic E-state index is -3.67. The van der Waals surface area contributed by atoms with Gasteiger partial charge < -0.3 is 15.0 Å². The molecule has 0 radical (unpaired) electrons. The molecule has 4 aromatic heterocycles. The van der Waals surface area contributed by atoms with Crippen molar-refractivity contribution in [2.45, 2.75) is 78.0 Å². The van der Waals surface area contributed by atoms with E-state index in [1.165, 1.54) is 4.90 Å². The lowest BCUT2D eigenvalue weighted by Gasteiger charge is -2.48. The number of piperidine rings is 1. The summed E-state index contributed by atoms with van der Waals surface area (Å²) in [7, 11) is -1.81. The van der Waals surface area contributed by atoms with Crippen LogP contribution in [-0.4, -0.2) is 133 Å². The Morgan fingerprint density at radius 1 is 1.08 bits per heavy atom. The van der Waals surface area contributed by atoms with Gasteiger partial charge in [0.2, 0.25) is 27.5 Å². The Morgan fingerprint density at radius 3 is 2.66 bits per heavy atom. The summed E-state index contributed by atoms with van der Waals surface area (Å²) in [6, 6.07) is 5.69. The minimum absolute atomic E-state index is 0.00352. The number of allylic oxidation sites excluding steroid dienone is 2. The number of urea groups is 1. The molecule has 3 fully saturated rings. The molecule has 0 bridgehead atoms. The molecule has 7 heterocycles. The molecule has 20 heteroatoms. The zero-order valence-electron chi connectivity index (χ0n) is 36.0. The van der Waals surface area contributed by atoms with E-state index in [9.17, 15) is 18.0 Å². The van der Waals surface area contributed by atoms with Crippen LogP contribution < -0.4 is 25.2 Å². The topological polar surface area (TPSA) is 204 Å². The van der Waals surface area contributed by atoms with Crippen LogP contribution in [0.1, 0.15) is 60.3 Å². The Hall–Kier alpha value is -5.86. The lowest BCUT2D eigenvalue weighted by molar-refractivity contribution is -0.120. The highest BCUT2D eigenvalue weighted by atomic mass is 32.2. The molecular weight excluding hydrogens is 813 g/mol. The number of aromatic nitrogens is 8. The molecule has 3 N–H and O–H groups in total. The maximum atomic E-state index is 14.2. The Labute approximate surface area is 360 Å². The third-order valence-corrected chi connectivity index (χ3v) is 14.4. The Bertz CT molecular complexity index is 2700. The molecule has 328 valence electrons. The Balaban J connectivity index is 0.832. The number of piperazine rings is 1. The summed E-state index contributed by atoms with van der Waals surface area (Å²) < 4.78 is 39.6. The second-order valence-electron chi connectivity index (χ2n) is 17.6. The Kier molecular flexibility index (Phi) is 10.8. The van der Waals surface area contributed by atoms with Crippen LogP contribution in [0, 0.1) is 5.92 Å². The smallest absolute Gasteiger partial charge is 0.329 e. The SMILES string of the molecule is CC(C)Oc1c(-c2cn[nH]c2)ncn2nc(N[C@H]3CCN(S(=O)(=O)C4=CC(CN5CCN(c6ccc7c(N8CCC(=O)NC8=O)nn(C)c7c6)CC5(C)C)=CCC4)C[C@H]3C)nc12. The van der Waals surface area contributed by atoms with Crippen LogP contribution in [0.4, 0.5) is 22.2 Å². The summed E-state index contributed by atoms with van der Waals surface area (Å²) in [6.07, 6.45) is 11.0. The number of ether oxygens (including phenoxy) is 1. The highest BCUT2D eigenvalue weighted by molar-refractivity contribution is 7.93. The Morgan fingerprint density at radius 2 is 1.92 bits per heavy atom. The average molecular weight is 867 g/mol. The first kappa shape index (κ1) is 41.5.